The van der Waals surface area contributed by atoms with E-state index in [1.807, 2.05) is 11.4 Å². The largest absolute Gasteiger partial charge is 0.481 e. The zero-order valence-corrected chi connectivity index (χ0v) is 12.5. The molecule has 0 atom stereocenters. The van der Waals surface area contributed by atoms with Crippen LogP contribution in [0.15, 0.2) is 17.5 Å². The van der Waals surface area contributed by atoms with E-state index < -0.39 is 11.4 Å². The predicted molar refractivity (Wildman–Crippen MR) is 77.9 cm³/mol. The maximum absolute atomic E-state index is 11.2. The summed E-state index contributed by atoms with van der Waals surface area (Å²) in [6.45, 7) is 3.55. The van der Waals surface area contributed by atoms with Gasteiger partial charge in [0.1, 0.15) is 0 Å². The third kappa shape index (κ3) is 2.20. The number of rotatable bonds is 4. The number of hydrogen-bond acceptors (Lipinski definition) is 6. The van der Waals surface area contributed by atoms with Crippen LogP contribution in [0.4, 0.5) is 0 Å². The average molecular weight is 308 g/mol. The van der Waals surface area contributed by atoms with Gasteiger partial charge in [-0.05, 0) is 41.8 Å². The van der Waals surface area contributed by atoms with Crippen molar-refractivity contribution in [1.29, 1.82) is 0 Å². The second-order valence-corrected chi connectivity index (χ2v) is 7.14. The highest BCUT2D eigenvalue weighted by atomic mass is 32.1. The number of aromatic nitrogens is 4. The first-order chi connectivity index (χ1) is 9.47. The van der Waals surface area contributed by atoms with Gasteiger partial charge in [0.2, 0.25) is 0 Å². The Labute approximate surface area is 122 Å². The Balaban J connectivity index is 1.98. The van der Waals surface area contributed by atoms with Gasteiger partial charge in [0, 0.05) is 9.40 Å². The Morgan fingerprint density at radius 1 is 1.45 bits per heavy atom. The summed E-state index contributed by atoms with van der Waals surface area (Å²) >= 11 is 3.28. The van der Waals surface area contributed by atoms with Gasteiger partial charge in [-0.25, -0.2) is 4.68 Å². The SMILES string of the molecule is CC(C)(Cn1nnnc1-c1cc2sccc2s1)C(=O)O. The van der Waals surface area contributed by atoms with Gasteiger partial charge in [0.25, 0.3) is 0 Å². The third-order valence-electron chi connectivity index (χ3n) is 3.02. The van der Waals surface area contributed by atoms with Gasteiger partial charge in [0.05, 0.1) is 16.8 Å². The van der Waals surface area contributed by atoms with Crippen LogP contribution in [0.3, 0.4) is 0 Å². The molecule has 0 unspecified atom stereocenters. The molecule has 20 heavy (non-hydrogen) atoms. The van der Waals surface area contributed by atoms with Gasteiger partial charge in [-0.15, -0.1) is 27.8 Å². The highest BCUT2D eigenvalue weighted by Gasteiger charge is 2.30. The van der Waals surface area contributed by atoms with E-state index in [1.165, 1.54) is 9.40 Å². The van der Waals surface area contributed by atoms with Crippen LogP contribution >= 0.6 is 22.7 Å². The summed E-state index contributed by atoms with van der Waals surface area (Å²) in [7, 11) is 0. The third-order valence-corrected chi connectivity index (χ3v) is 5.10. The van der Waals surface area contributed by atoms with E-state index >= 15 is 0 Å². The molecule has 0 aliphatic rings. The molecule has 0 spiro atoms. The Hall–Kier alpha value is -1.80. The summed E-state index contributed by atoms with van der Waals surface area (Å²) in [5.74, 6) is -0.251. The fraction of sp³-hybridized carbons (Fsp3) is 0.333. The van der Waals surface area contributed by atoms with Crippen LogP contribution in [0.5, 0.6) is 0 Å². The van der Waals surface area contributed by atoms with E-state index in [4.69, 9.17) is 0 Å². The number of carbonyl (C=O) groups is 1. The lowest BCUT2D eigenvalue weighted by Gasteiger charge is -2.18. The first kappa shape index (κ1) is 13.2. The van der Waals surface area contributed by atoms with E-state index in [2.05, 4.69) is 21.6 Å². The fourth-order valence-corrected chi connectivity index (χ4v) is 3.90. The van der Waals surface area contributed by atoms with Gasteiger partial charge in [-0.2, -0.15) is 0 Å². The molecule has 0 aliphatic heterocycles. The fourth-order valence-electron chi connectivity index (χ4n) is 1.81. The van der Waals surface area contributed by atoms with E-state index in [-0.39, 0.29) is 6.54 Å². The van der Waals surface area contributed by atoms with Crippen molar-refractivity contribution in [3.63, 3.8) is 0 Å². The molecule has 3 aromatic heterocycles. The Morgan fingerprint density at radius 2 is 2.25 bits per heavy atom. The molecule has 0 radical (unpaired) electrons. The highest BCUT2D eigenvalue weighted by molar-refractivity contribution is 7.28. The first-order valence-electron chi connectivity index (χ1n) is 5.94. The molecule has 0 saturated heterocycles. The normalized spacial score (nSPS) is 12.1. The quantitative estimate of drug-likeness (QED) is 0.801. The number of tetrazole rings is 1. The van der Waals surface area contributed by atoms with Crippen molar-refractivity contribution >= 4 is 38.0 Å². The van der Waals surface area contributed by atoms with Crippen molar-refractivity contribution in [1.82, 2.24) is 20.2 Å². The van der Waals surface area contributed by atoms with Crippen molar-refractivity contribution in [3.05, 3.63) is 17.5 Å². The number of nitrogens with zero attached hydrogens (tertiary/aromatic N) is 4. The van der Waals surface area contributed by atoms with Gasteiger partial charge in [0.15, 0.2) is 5.82 Å². The predicted octanol–water partition coefficient (Wildman–Crippen LogP) is 2.73. The molecule has 0 aromatic carbocycles. The topological polar surface area (TPSA) is 80.9 Å². The number of carboxylic acid groups (broad SMARTS) is 1. The van der Waals surface area contributed by atoms with Crippen LogP contribution in [0.25, 0.3) is 20.1 Å². The van der Waals surface area contributed by atoms with E-state index in [1.54, 1.807) is 41.2 Å². The molecule has 3 heterocycles. The van der Waals surface area contributed by atoms with E-state index in [0.29, 0.717) is 5.82 Å². The number of hydrogen-bond donors (Lipinski definition) is 1. The second-order valence-electron chi connectivity index (χ2n) is 5.11. The molecule has 104 valence electrons. The van der Waals surface area contributed by atoms with Crippen molar-refractivity contribution in [2.75, 3.05) is 0 Å². The minimum atomic E-state index is -0.918. The minimum Gasteiger partial charge on any atom is -0.481 e. The zero-order valence-electron chi connectivity index (χ0n) is 10.9. The van der Waals surface area contributed by atoms with Gasteiger partial charge in [-0.3, -0.25) is 4.79 Å². The van der Waals surface area contributed by atoms with Gasteiger partial charge >= 0.3 is 5.97 Å². The monoisotopic (exact) mass is 308 g/mol. The van der Waals surface area contributed by atoms with Crippen LogP contribution in [0.2, 0.25) is 0 Å². The van der Waals surface area contributed by atoms with E-state index in [0.717, 1.165) is 4.88 Å². The summed E-state index contributed by atoms with van der Waals surface area (Å²) < 4.78 is 3.94. The van der Waals surface area contributed by atoms with Crippen molar-refractivity contribution in [2.45, 2.75) is 20.4 Å². The van der Waals surface area contributed by atoms with Crippen molar-refractivity contribution < 1.29 is 9.90 Å². The molecule has 0 aliphatic carbocycles. The number of thiophene rings is 2. The lowest BCUT2D eigenvalue weighted by Crippen LogP contribution is -2.30. The Morgan fingerprint density at radius 3 is 2.95 bits per heavy atom. The highest BCUT2D eigenvalue weighted by Crippen LogP contribution is 2.35. The van der Waals surface area contributed by atoms with E-state index in [9.17, 15) is 9.90 Å². The molecule has 6 nitrogen and oxygen atoms in total. The lowest BCUT2D eigenvalue weighted by atomic mass is 9.94. The second kappa shape index (κ2) is 4.64. The molecule has 8 heteroatoms. The summed E-state index contributed by atoms with van der Waals surface area (Å²) in [4.78, 5) is 12.2. The maximum Gasteiger partial charge on any atom is 0.310 e. The van der Waals surface area contributed by atoms with Crippen LogP contribution in [-0.2, 0) is 11.3 Å². The molecule has 3 rings (SSSR count). The average Bonchev–Trinajstić information content (AvgIpc) is 3.00. The van der Waals surface area contributed by atoms with Crippen LogP contribution < -0.4 is 0 Å². The van der Waals surface area contributed by atoms with Gasteiger partial charge in [-0.1, -0.05) is 0 Å². The number of fused-ring (bicyclic) bond motifs is 1. The molecule has 0 saturated carbocycles. The van der Waals surface area contributed by atoms with Crippen molar-refractivity contribution in [3.8, 4) is 10.7 Å². The van der Waals surface area contributed by atoms with Crippen LogP contribution in [0.1, 0.15) is 13.8 Å². The summed E-state index contributed by atoms with van der Waals surface area (Å²) in [6.07, 6.45) is 0. The molecular weight excluding hydrogens is 296 g/mol. The molecule has 1 N–H and O–H groups in total. The molecule has 0 amide bonds. The Bertz CT molecular complexity index is 743. The van der Waals surface area contributed by atoms with Crippen molar-refractivity contribution in [2.24, 2.45) is 5.41 Å². The zero-order chi connectivity index (χ0) is 14.3. The first-order valence-corrected chi connectivity index (χ1v) is 7.64. The van der Waals surface area contributed by atoms with Crippen LogP contribution in [0, 0.1) is 5.41 Å². The molecule has 0 fully saturated rings. The lowest BCUT2D eigenvalue weighted by molar-refractivity contribution is -0.147. The molecule has 3 aromatic rings. The van der Waals surface area contributed by atoms with Gasteiger partial charge < -0.3 is 5.11 Å². The van der Waals surface area contributed by atoms with Crippen LogP contribution in [-0.4, -0.2) is 31.3 Å². The number of aliphatic carboxylic acids is 1. The smallest absolute Gasteiger partial charge is 0.310 e. The number of carboxylic acids is 1. The summed E-state index contributed by atoms with van der Waals surface area (Å²) in [5.41, 5.74) is -0.918. The summed E-state index contributed by atoms with van der Waals surface area (Å²) in [5, 5.41) is 22.9. The minimum absolute atomic E-state index is 0.232. The Kier molecular flexibility index (Phi) is 3.06. The molecule has 0 bridgehead atoms. The molecular formula is C12H12N4O2S2. The summed E-state index contributed by atoms with van der Waals surface area (Å²) in [6, 6.07) is 4.10. The standard InChI is InChI=1S/C12H12N4O2S2/c1-12(2,11(17)18)6-16-10(13-14-15-16)9-5-8-7(20-9)3-4-19-8/h3-5H,6H2,1-2H3,(H,17,18). The maximum atomic E-state index is 11.2.